The molecule has 0 bridgehead atoms. The van der Waals surface area contributed by atoms with Crippen molar-refractivity contribution in [1.82, 2.24) is 14.9 Å². The highest BCUT2D eigenvalue weighted by atomic mass is 16.5. The van der Waals surface area contributed by atoms with Crippen molar-refractivity contribution in [2.75, 3.05) is 31.7 Å². The Morgan fingerprint density at radius 1 is 1.23 bits per heavy atom. The van der Waals surface area contributed by atoms with Crippen LogP contribution in [0.25, 0.3) is 0 Å². The van der Waals surface area contributed by atoms with E-state index in [0.29, 0.717) is 31.2 Å². The number of methoxy groups -OCH3 is 1. The predicted octanol–water partition coefficient (Wildman–Crippen LogP) is 2.93. The highest BCUT2D eigenvalue weighted by Gasteiger charge is 2.35. The third-order valence-electron chi connectivity index (χ3n) is 6.19. The second-order valence-electron chi connectivity index (χ2n) is 8.46. The number of hydrogen-bond donors (Lipinski definition) is 0. The number of anilines is 1. The van der Waals surface area contributed by atoms with Gasteiger partial charge in [-0.1, -0.05) is 29.8 Å². The summed E-state index contributed by atoms with van der Waals surface area (Å²) in [5.74, 6) is 1.37. The molecule has 3 heterocycles. The Labute approximate surface area is 183 Å². The van der Waals surface area contributed by atoms with Crippen LogP contribution in [0, 0.1) is 13.8 Å². The van der Waals surface area contributed by atoms with Gasteiger partial charge >= 0.3 is 0 Å². The number of amides is 2. The molecule has 7 nitrogen and oxygen atoms in total. The first-order chi connectivity index (χ1) is 15.0. The molecule has 7 heteroatoms. The number of carbonyl (C=O) groups is 2. The maximum absolute atomic E-state index is 12.8. The van der Waals surface area contributed by atoms with Crippen molar-refractivity contribution >= 4 is 17.6 Å². The molecule has 4 rings (SSSR count). The zero-order valence-electron chi connectivity index (χ0n) is 18.6. The van der Waals surface area contributed by atoms with Crippen molar-refractivity contribution in [3.63, 3.8) is 0 Å². The highest BCUT2D eigenvalue weighted by Crippen LogP contribution is 2.34. The largest absolute Gasteiger partial charge is 0.375 e. The molecule has 0 aliphatic carbocycles. The fraction of sp³-hybridized carbons (Fsp3) is 0.500. The lowest BCUT2D eigenvalue weighted by molar-refractivity contribution is -0.139. The summed E-state index contributed by atoms with van der Waals surface area (Å²) in [5, 5.41) is 0. The fourth-order valence-corrected chi connectivity index (χ4v) is 4.59. The van der Waals surface area contributed by atoms with Crippen LogP contribution < -0.4 is 4.90 Å². The number of rotatable bonds is 6. The molecule has 0 saturated carbocycles. The Bertz CT molecular complexity index is 991. The Balaban J connectivity index is 1.61. The SMILES string of the molecule is COCC(=O)N1CCCCC1c1nc(C)c2c(n1)N(CCc1cccc(C)c1)C(=O)C2. The van der Waals surface area contributed by atoms with Gasteiger partial charge in [0.05, 0.1) is 12.5 Å². The van der Waals surface area contributed by atoms with Gasteiger partial charge in [0.2, 0.25) is 11.8 Å². The molecule has 0 spiro atoms. The fourth-order valence-electron chi connectivity index (χ4n) is 4.59. The first-order valence-corrected chi connectivity index (χ1v) is 11.0. The molecule has 2 amide bonds. The van der Waals surface area contributed by atoms with Crippen molar-refractivity contribution in [3.05, 3.63) is 52.5 Å². The molecule has 1 fully saturated rings. The van der Waals surface area contributed by atoms with Gasteiger partial charge in [0.25, 0.3) is 0 Å². The second-order valence-corrected chi connectivity index (χ2v) is 8.46. The van der Waals surface area contributed by atoms with Crippen molar-refractivity contribution in [3.8, 4) is 0 Å². The van der Waals surface area contributed by atoms with E-state index in [2.05, 4.69) is 25.1 Å². The lowest BCUT2D eigenvalue weighted by Gasteiger charge is -2.35. The Hall–Kier alpha value is -2.80. The van der Waals surface area contributed by atoms with Gasteiger partial charge in [-0.25, -0.2) is 9.97 Å². The summed E-state index contributed by atoms with van der Waals surface area (Å²) in [4.78, 5) is 38.6. The minimum Gasteiger partial charge on any atom is -0.375 e. The van der Waals surface area contributed by atoms with Gasteiger partial charge in [0.1, 0.15) is 12.4 Å². The lowest BCUT2D eigenvalue weighted by atomic mass is 10.0. The number of benzene rings is 1. The second kappa shape index (κ2) is 9.14. The molecule has 31 heavy (non-hydrogen) atoms. The van der Waals surface area contributed by atoms with E-state index in [1.54, 1.807) is 4.90 Å². The van der Waals surface area contributed by atoms with Crippen LogP contribution in [0.4, 0.5) is 5.82 Å². The Morgan fingerprint density at radius 2 is 2.06 bits per heavy atom. The maximum atomic E-state index is 12.8. The number of aryl methyl sites for hydroxylation is 2. The van der Waals surface area contributed by atoms with Crippen molar-refractivity contribution in [1.29, 1.82) is 0 Å². The minimum atomic E-state index is -0.172. The molecule has 2 aliphatic heterocycles. The summed E-state index contributed by atoms with van der Waals surface area (Å²) in [6, 6.07) is 8.19. The number of fused-ring (bicyclic) bond motifs is 1. The number of carbonyl (C=O) groups excluding carboxylic acids is 2. The van der Waals surface area contributed by atoms with Gasteiger partial charge in [0.15, 0.2) is 5.82 Å². The standard InChI is InChI=1S/C24H30N4O3/c1-16-7-6-8-18(13-16)10-12-28-21(29)14-19-17(2)25-23(26-24(19)28)20-9-4-5-11-27(20)22(30)15-31-3/h6-8,13,20H,4-5,9-12,14-15H2,1-3H3. The molecular weight excluding hydrogens is 392 g/mol. The van der Waals surface area contributed by atoms with Crippen LogP contribution in [-0.4, -0.2) is 53.5 Å². The molecule has 1 aromatic carbocycles. The Morgan fingerprint density at radius 3 is 2.84 bits per heavy atom. The number of aromatic nitrogens is 2. The number of hydrogen-bond acceptors (Lipinski definition) is 5. The summed E-state index contributed by atoms with van der Waals surface area (Å²) in [7, 11) is 1.53. The summed E-state index contributed by atoms with van der Waals surface area (Å²) in [6.45, 7) is 5.33. The zero-order valence-corrected chi connectivity index (χ0v) is 18.6. The summed E-state index contributed by atoms with van der Waals surface area (Å²) < 4.78 is 5.07. The van der Waals surface area contributed by atoms with Gasteiger partial charge in [0, 0.05) is 31.5 Å². The predicted molar refractivity (Wildman–Crippen MR) is 118 cm³/mol. The van der Waals surface area contributed by atoms with Crippen LogP contribution >= 0.6 is 0 Å². The van der Waals surface area contributed by atoms with Gasteiger partial charge in [-0.2, -0.15) is 0 Å². The number of likely N-dealkylation sites (tertiary alicyclic amines) is 1. The van der Waals surface area contributed by atoms with Crippen LogP contribution in [0.15, 0.2) is 24.3 Å². The molecule has 1 unspecified atom stereocenters. The molecule has 1 saturated heterocycles. The van der Waals surface area contributed by atoms with Crippen molar-refractivity contribution in [2.24, 2.45) is 0 Å². The average Bonchev–Trinajstić information content (AvgIpc) is 3.08. The smallest absolute Gasteiger partial charge is 0.249 e. The maximum Gasteiger partial charge on any atom is 0.249 e. The van der Waals surface area contributed by atoms with Crippen LogP contribution in [0.5, 0.6) is 0 Å². The van der Waals surface area contributed by atoms with Gasteiger partial charge < -0.3 is 9.64 Å². The topological polar surface area (TPSA) is 75.6 Å². The normalized spacial score (nSPS) is 18.4. The zero-order chi connectivity index (χ0) is 22.0. The Kier molecular flexibility index (Phi) is 6.32. The van der Waals surface area contributed by atoms with E-state index in [9.17, 15) is 9.59 Å². The number of nitrogens with zero attached hydrogens (tertiary/aromatic N) is 4. The molecule has 0 radical (unpaired) electrons. The third-order valence-corrected chi connectivity index (χ3v) is 6.19. The van der Waals surface area contributed by atoms with E-state index in [4.69, 9.17) is 14.7 Å². The van der Waals surface area contributed by atoms with Crippen LogP contribution in [0.1, 0.15) is 53.5 Å². The van der Waals surface area contributed by atoms with Crippen LogP contribution in [-0.2, 0) is 27.2 Å². The van der Waals surface area contributed by atoms with Crippen molar-refractivity contribution < 1.29 is 14.3 Å². The van der Waals surface area contributed by atoms with Gasteiger partial charge in [-0.05, 0) is 45.1 Å². The molecule has 164 valence electrons. The van der Waals surface area contributed by atoms with Crippen LogP contribution in [0.3, 0.4) is 0 Å². The van der Waals surface area contributed by atoms with Crippen LogP contribution in [0.2, 0.25) is 0 Å². The third kappa shape index (κ3) is 4.46. The van der Waals surface area contributed by atoms with E-state index in [1.807, 2.05) is 17.9 Å². The van der Waals surface area contributed by atoms with Gasteiger partial charge in [-0.3, -0.25) is 14.5 Å². The first-order valence-electron chi connectivity index (χ1n) is 11.0. The quantitative estimate of drug-likeness (QED) is 0.716. The monoisotopic (exact) mass is 422 g/mol. The average molecular weight is 423 g/mol. The van der Waals surface area contributed by atoms with E-state index in [0.717, 1.165) is 36.9 Å². The number of piperidine rings is 1. The first kappa shape index (κ1) is 21.4. The lowest BCUT2D eigenvalue weighted by Crippen LogP contribution is -2.41. The summed E-state index contributed by atoms with van der Waals surface area (Å²) in [6.07, 6.45) is 3.93. The molecule has 0 N–H and O–H groups in total. The molecule has 1 aromatic heterocycles. The highest BCUT2D eigenvalue weighted by molar-refractivity contribution is 6.00. The van der Waals surface area contributed by atoms with E-state index < -0.39 is 0 Å². The molecular formula is C24H30N4O3. The molecule has 1 atom stereocenters. The molecule has 2 aromatic rings. The van der Waals surface area contributed by atoms with Gasteiger partial charge in [-0.15, -0.1) is 0 Å². The number of ether oxygens (including phenoxy) is 1. The van der Waals surface area contributed by atoms with E-state index in [1.165, 1.54) is 18.2 Å². The summed E-state index contributed by atoms with van der Waals surface area (Å²) in [5.41, 5.74) is 4.15. The molecule has 2 aliphatic rings. The minimum absolute atomic E-state index is 0.0404. The van der Waals surface area contributed by atoms with E-state index >= 15 is 0 Å². The van der Waals surface area contributed by atoms with E-state index in [-0.39, 0.29) is 24.5 Å². The van der Waals surface area contributed by atoms with Crippen molar-refractivity contribution in [2.45, 2.75) is 52.0 Å². The summed E-state index contributed by atoms with van der Waals surface area (Å²) >= 11 is 0.